The molecule has 0 fully saturated rings. The predicted octanol–water partition coefficient (Wildman–Crippen LogP) is 0.382. The van der Waals surface area contributed by atoms with E-state index in [2.05, 4.69) is 22.5 Å². The van der Waals surface area contributed by atoms with Gasteiger partial charge >= 0.3 is 0 Å². The Kier molecular flexibility index (Phi) is 5.07. The van der Waals surface area contributed by atoms with Crippen LogP contribution in [0.1, 0.15) is 18.2 Å². The molecule has 0 spiro atoms. The molecule has 3 N–H and O–H groups in total. The number of aryl methyl sites for hydroxylation is 1. The van der Waals surface area contributed by atoms with Gasteiger partial charge in [-0.3, -0.25) is 4.79 Å². The van der Waals surface area contributed by atoms with Crippen LogP contribution >= 0.6 is 0 Å². The summed E-state index contributed by atoms with van der Waals surface area (Å²) in [5.41, 5.74) is 1.79. The zero-order valence-corrected chi connectivity index (χ0v) is 9.39. The second kappa shape index (κ2) is 6.37. The number of nitrogens with one attached hydrogen (secondary N) is 3. The molecule has 1 aromatic heterocycles. The van der Waals surface area contributed by atoms with Gasteiger partial charge in [-0.15, -0.1) is 0 Å². The van der Waals surface area contributed by atoms with Crippen molar-refractivity contribution in [3.8, 4) is 0 Å². The van der Waals surface area contributed by atoms with Crippen molar-refractivity contribution < 1.29 is 0 Å². The minimum absolute atomic E-state index is 0.0993. The molecule has 0 aliphatic carbocycles. The van der Waals surface area contributed by atoms with Gasteiger partial charge in [0.1, 0.15) is 0 Å². The molecule has 1 heterocycles. The Hall–Kier alpha value is -1.13. The average molecular weight is 209 g/mol. The van der Waals surface area contributed by atoms with Crippen molar-refractivity contribution in [1.29, 1.82) is 0 Å². The number of H-pyrrole nitrogens is 1. The van der Waals surface area contributed by atoms with Gasteiger partial charge < -0.3 is 15.6 Å². The first-order valence-corrected chi connectivity index (χ1v) is 5.33. The highest BCUT2D eigenvalue weighted by Gasteiger charge is 1.98. The van der Waals surface area contributed by atoms with Crippen LogP contribution in [0.15, 0.2) is 17.1 Å². The summed E-state index contributed by atoms with van der Waals surface area (Å²) in [6.45, 7) is 7.36. The standard InChI is InChI=1S/C11H19N3O/c1-3-12-4-5-13-7-10-8-14-9(2)6-11(10)15/h6,8,12-13H,3-5,7H2,1-2H3,(H,14,15). The molecule has 0 aliphatic rings. The summed E-state index contributed by atoms with van der Waals surface area (Å²) in [7, 11) is 0. The zero-order chi connectivity index (χ0) is 11.1. The average Bonchev–Trinajstić information content (AvgIpc) is 2.20. The molecule has 4 heteroatoms. The van der Waals surface area contributed by atoms with E-state index in [0.717, 1.165) is 30.9 Å². The van der Waals surface area contributed by atoms with Crippen molar-refractivity contribution in [2.45, 2.75) is 20.4 Å². The molecule has 0 saturated heterocycles. The first-order chi connectivity index (χ1) is 7.24. The summed E-state index contributed by atoms with van der Waals surface area (Å²) in [4.78, 5) is 14.5. The lowest BCUT2D eigenvalue weighted by Gasteiger charge is -2.04. The Morgan fingerprint density at radius 1 is 1.33 bits per heavy atom. The molecular weight excluding hydrogens is 190 g/mol. The van der Waals surface area contributed by atoms with Crippen molar-refractivity contribution in [2.75, 3.05) is 19.6 Å². The van der Waals surface area contributed by atoms with E-state index in [1.807, 2.05) is 6.92 Å². The lowest BCUT2D eigenvalue weighted by molar-refractivity contribution is 0.622. The first kappa shape index (κ1) is 11.9. The predicted molar refractivity (Wildman–Crippen MR) is 62.1 cm³/mol. The van der Waals surface area contributed by atoms with Gasteiger partial charge in [-0.1, -0.05) is 6.92 Å². The van der Waals surface area contributed by atoms with Gasteiger partial charge in [0.25, 0.3) is 0 Å². The van der Waals surface area contributed by atoms with Crippen LogP contribution in [0.5, 0.6) is 0 Å². The highest BCUT2D eigenvalue weighted by Crippen LogP contribution is 1.90. The van der Waals surface area contributed by atoms with Crippen LogP contribution in [0.3, 0.4) is 0 Å². The molecule has 1 aromatic rings. The van der Waals surface area contributed by atoms with Crippen LogP contribution in [-0.2, 0) is 6.54 Å². The third-order valence-corrected chi connectivity index (χ3v) is 2.18. The molecule has 84 valence electrons. The third-order valence-electron chi connectivity index (χ3n) is 2.18. The molecule has 0 amide bonds. The van der Waals surface area contributed by atoms with Crippen LogP contribution in [0.25, 0.3) is 0 Å². The van der Waals surface area contributed by atoms with Crippen LogP contribution in [0, 0.1) is 6.92 Å². The van der Waals surface area contributed by atoms with E-state index in [4.69, 9.17) is 0 Å². The maximum absolute atomic E-state index is 11.5. The van der Waals surface area contributed by atoms with Gasteiger partial charge in [-0.05, 0) is 13.5 Å². The maximum atomic E-state index is 11.5. The SMILES string of the molecule is CCNCCNCc1c[nH]c(C)cc1=O. The number of rotatable bonds is 6. The lowest BCUT2D eigenvalue weighted by atomic mass is 10.2. The summed E-state index contributed by atoms with van der Waals surface area (Å²) in [5, 5.41) is 6.42. The molecule has 0 atom stereocenters. The molecule has 1 rings (SSSR count). The highest BCUT2D eigenvalue weighted by atomic mass is 16.1. The quantitative estimate of drug-likeness (QED) is 0.594. The Bertz CT molecular complexity index is 346. The van der Waals surface area contributed by atoms with E-state index < -0.39 is 0 Å². The Morgan fingerprint density at radius 2 is 2.07 bits per heavy atom. The molecule has 4 nitrogen and oxygen atoms in total. The van der Waals surface area contributed by atoms with Crippen LogP contribution in [0.4, 0.5) is 0 Å². The Balaban J connectivity index is 2.34. The number of aromatic amines is 1. The number of hydrogen-bond acceptors (Lipinski definition) is 3. The third kappa shape index (κ3) is 4.27. The van der Waals surface area contributed by atoms with Gasteiger partial charge in [0.2, 0.25) is 0 Å². The monoisotopic (exact) mass is 209 g/mol. The molecule has 0 bridgehead atoms. The molecule has 0 aromatic carbocycles. The van der Waals surface area contributed by atoms with Gasteiger partial charge in [0, 0.05) is 43.2 Å². The second-order valence-corrected chi connectivity index (χ2v) is 3.54. The van der Waals surface area contributed by atoms with E-state index in [1.165, 1.54) is 0 Å². The van der Waals surface area contributed by atoms with E-state index >= 15 is 0 Å². The fourth-order valence-corrected chi connectivity index (χ4v) is 1.32. The first-order valence-electron chi connectivity index (χ1n) is 5.33. The minimum Gasteiger partial charge on any atom is -0.365 e. The highest BCUT2D eigenvalue weighted by molar-refractivity contribution is 5.13. The minimum atomic E-state index is 0.0993. The summed E-state index contributed by atoms with van der Waals surface area (Å²) < 4.78 is 0. The van der Waals surface area contributed by atoms with Crippen molar-refractivity contribution in [3.63, 3.8) is 0 Å². The summed E-state index contributed by atoms with van der Waals surface area (Å²) in [6, 6.07) is 1.63. The van der Waals surface area contributed by atoms with E-state index in [9.17, 15) is 4.79 Å². The second-order valence-electron chi connectivity index (χ2n) is 3.54. The maximum Gasteiger partial charge on any atom is 0.186 e. The molecular formula is C11H19N3O. The summed E-state index contributed by atoms with van der Waals surface area (Å²) >= 11 is 0. The summed E-state index contributed by atoms with van der Waals surface area (Å²) in [5.74, 6) is 0. The van der Waals surface area contributed by atoms with Crippen LogP contribution < -0.4 is 16.1 Å². The van der Waals surface area contributed by atoms with E-state index in [-0.39, 0.29) is 5.43 Å². The van der Waals surface area contributed by atoms with Crippen molar-refractivity contribution in [3.05, 3.63) is 33.7 Å². The zero-order valence-electron chi connectivity index (χ0n) is 9.39. The largest absolute Gasteiger partial charge is 0.365 e. The number of aromatic nitrogens is 1. The van der Waals surface area contributed by atoms with Crippen molar-refractivity contribution in [1.82, 2.24) is 15.6 Å². The Morgan fingerprint density at radius 3 is 2.73 bits per heavy atom. The van der Waals surface area contributed by atoms with Gasteiger partial charge in [-0.25, -0.2) is 0 Å². The Labute approximate surface area is 90.1 Å². The molecule has 0 unspecified atom stereocenters. The lowest BCUT2D eigenvalue weighted by Crippen LogP contribution is -2.28. The number of hydrogen-bond donors (Lipinski definition) is 3. The number of pyridine rings is 1. The molecule has 0 saturated carbocycles. The van der Waals surface area contributed by atoms with E-state index in [1.54, 1.807) is 12.3 Å². The fourth-order valence-electron chi connectivity index (χ4n) is 1.32. The summed E-state index contributed by atoms with van der Waals surface area (Å²) in [6.07, 6.45) is 1.78. The van der Waals surface area contributed by atoms with Crippen LogP contribution in [-0.4, -0.2) is 24.6 Å². The molecule has 0 radical (unpaired) electrons. The number of likely N-dealkylation sites (N-methyl/N-ethyl adjacent to an activating group) is 1. The topological polar surface area (TPSA) is 56.9 Å². The van der Waals surface area contributed by atoms with E-state index in [0.29, 0.717) is 6.54 Å². The van der Waals surface area contributed by atoms with Crippen molar-refractivity contribution in [2.24, 2.45) is 0 Å². The smallest absolute Gasteiger partial charge is 0.186 e. The van der Waals surface area contributed by atoms with Gasteiger partial charge in [-0.2, -0.15) is 0 Å². The van der Waals surface area contributed by atoms with Gasteiger partial charge in [0.15, 0.2) is 5.43 Å². The molecule has 0 aliphatic heterocycles. The van der Waals surface area contributed by atoms with Gasteiger partial charge in [0.05, 0.1) is 0 Å². The molecule has 15 heavy (non-hydrogen) atoms. The van der Waals surface area contributed by atoms with Crippen molar-refractivity contribution >= 4 is 0 Å². The van der Waals surface area contributed by atoms with Crippen LogP contribution in [0.2, 0.25) is 0 Å². The normalized spacial score (nSPS) is 10.5. The fraction of sp³-hybridized carbons (Fsp3) is 0.545.